The molecule has 3 rings (SSSR count). The number of fused-ring (bicyclic) bond motifs is 1. The summed E-state index contributed by atoms with van der Waals surface area (Å²) in [5, 5.41) is 8.53. The topological polar surface area (TPSA) is 45.2 Å². The van der Waals surface area contributed by atoms with Crippen molar-refractivity contribution in [2.45, 2.75) is 25.8 Å². The molecule has 1 unspecified atom stereocenters. The Morgan fingerprint density at radius 3 is 2.78 bits per heavy atom. The lowest BCUT2D eigenvalue weighted by Crippen LogP contribution is -2.47. The molecule has 0 saturated carbocycles. The Balaban J connectivity index is 1.85. The second-order valence-electron chi connectivity index (χ2n) is 5.35. The smallest absolute Gasteiger partial charge is 0.245 e. The molecule has 2 atom stereocenters. The SMILES string of the molecule is Cc1nc(N2CC[C@H]3CCN(C)CC32)nnc1Cl. The van der Waals surface area contributed by atoms with Gasteiger partial charge in [-0.2, -0.15) is 0 Å². The van der Waals surface area contributed by atoms with Crippen LogP contribution in [-0.2, 0) is 0 Å². The maximum atomic E-state index is 5.89. The summed E-state index contributed by atoms with van der Waals surface area (Å²) in [5.41, 5.74) is 0.759. The first-order valence-corrected chi connectivity index (χ1v) is 6.85. The van der Waals surface area contributed by atoms with Crippen molar-refractivity contribution >= 4 is 17.5 Å². The Hall–Kier alpha value is -0.940. The molecule has 98 valence electrons. The first kappa shape index (κ1) is 12.1. The zero-order valence-electron chi connectivity index (χ0n) is 10.8. The van der Waals surface area contributed by atoms with Crippen LogP contribution >= 0.6 is 11.6 Å². The highest BCUT2D eigenvalue weighted by Gasteiger charge is 2.38. The molecule has 0 spiro atoms. The summed E-state index contributed by atoms with van der Waals surface area (Å²) in [5.74, 6) is 1.51. The van der Waals surface area contributed by atoms with Crippen LogP contribution in [0.15, 0.2) is 0 Å². The second kappa shape index (κ2) is 4.63. The first-order valence-electron chi connectivity index (χ1n) is 6.47. The van der Waals surface area contributed by atoms with Crippen LogP contribution in [0.5, 0.6) is 0 Å². The summed E-state index contributed by atoms with van der Waals surface area (Å²) in [7, 11) is 2.18. The van der Waals surface area contributed by atoms with Crippen LogP contribution in [0.1, 0.15) is 18.5 Å². The van der Waals surface area contributed by atoms with E-state index in [2.05, 4.69) is 32.0 Å². The quantitative estimate of drug-likeness (QED) is 0.769. The predicted molar refractivity (Wildman–Crippen MR) is 70.9 cm³/mol. The van der Waals surface area contributed by atoms with Crippen LogP contribution in [-0.4, -0.2) is 52.8 Å². The third-order valence-corrected chi connectivity index (χ3v) is 4.47. The molecule has 0 amide bonds. The van der Waals surface area contributed by atoms with Gasteiger partial charge in [0, 0.05) is 19.1 Å². The Bertz CT molecular complexity index is 452. The van der Waals surface area contributed by atoms with E-state index in [0.29, 0.717) is 11.2 Å². The fraction of sp³-hybridized carbons (Fsp3) is 0.750. The number of hydrogen-bond acceptors (Lipinski definition) is 5. The molecule has 0 aromatic carbocycles. The van der Waals surface area contributed by atoms with Gasteiger partial charge in [-0.3, -0.25) is 0 Å². The highest BCUT2D eigenvalue weighted by molar-refractivity contribution is 6.29. The summed E-state index contributed by atoms with van der Waals surface area (Å²) in [6, 6.07) is 0.533. The van der Waals surface area contributed by atoms with Gasteiger partial charge in [-0.25, -0.2) is 4.98 Å². The van der Waals surface area contributed by atoms with Crippen molar-refractivity contribution in [3.63, 3.8) is 0 Å². The maximum Gasteiger partial charge on any atom is 0.245 e. The van der Waals surface area contributed by atoms with E-state index in [0.717, 1.165) is 30.6 Å². The molecular formula is C12H18ClN5. The monoisotopic (exact) mass is 267 g/mol. The number of anilines is 1. The molecule has 1 aromatic rings. The van der Waals surface area contributed by atoms with Crippen molar-refractivity contribution in [3.8, 4) is 0 Å². The first-order chi connectivity index (χ1) is 8.65. The molecule has 2 saturated heterocycles. The lowest BCUT2D eigenvalue weighted by Gasteiger charge is -2.36. The van der Waals surface area contributed by atoms with Crippen molar-refractivity contribution in [2.24, 2.45) is 5.92 Å². The molecular weight excluding hydrogens is 250 g/mol. The number of rotatable bonds is 1. The molecule has 0 radical (unpaired) electrons. The maximum absolute atomic E-state index is 5.89. The minimum Gasteiger partial charge on any atom is -0.335 e. The second-order valence-corrected chi connectivity index (χ2v) is 5.71. The molecule has 2 aliphatic heterocycles. The highest BCUT2D eigenvalue weighted by Crippen LogP contribution is 2.33. The lowest BCUT2D eigenvalue weighted by atomic mass is 9.92. The number of likely N-dealkylation sites (tertiary alicyclic amines) is 1. The minimum absolute atomic E-state index is 0.398. The van der Waals surface area contributed by atoms with E-state index >= 15 is 0 Å². The zero-order chi connectivity index (χ0) is 12.7. The van der Waals surface area contributed by atoms with Crippen LogP contribution in [0.3, 0.4) is 0 Å². The summed E-state index contributed by atoms with van der Waals surface area (Å²) >= 11 is 5.89. The van der Waals surface area contributed by atoms with Gasteiger partial charge in [-0.15, -0.1) is 10.2 Å². The van der Waals surface area contributed by atoms with E-state index in [4.69, 9.17) is 11.6 Å². The largest absolute Gasteiger partial charge is 0.335 e. The average molecular weight is 268 g/mol. The number of halogens is 1. The fourth-order valence-corrected chi connectivity index (χ4v) is 3.13. The zero-order valence-corrected chi connectivity index (χ0v) is 11.6. The molecule has 2 aliphatic rings. The molecule has 3 heterocycles. The number of likely N-dealkylation sites (N-methyl/N-ethyl adjacent to an activating group) is 1. The molecule has 5 nitrogen and oxygen atoms in total. The fourth-order valence-electron chi connectivity index (χ4n) is 3.05. The van der Waals surface area contributed by atoms with Gasteiger partial charge in [0.25, 0.3) is 0 Å². The van der Waals surface area contributed by atoms with Crippen LogP contribution < -0.4 is 4.90 Å². The number of hydrogen-bond donors (Lipinski definition) is 0. The van der Waals surface area contributed by atoms with Crippen molar-refractivity contribution in [2.75, 3.05) is 31.6 Å². The Morgan fingerprint density at radius 2 is 2.00 bits per heavy atom. The summed E-state index contributed by atoms with van der Waals surface area (Å²) in [6.45, 7) is 5.20. The predicted octanol–water partition coefficient (Wildman–Crippen LogP) is 1.36. The summed E-state index contributed by atoms with van der Waals surface area (Å²) < 4.78 is 0. The molecule has 2 fully saturated rings. The number of nitrogens with zero attached hydrogens (tertiary/aromatic N) is 5. The normalized spacial score (nSPS) is 28.5. The molecule has 1 aromatic heterocycles. The van der Waals surface area contributed by atoms with Gasteiger partial charge in [-0.05, 0) is 39.3 Å². The van der Waals surface area contributed by atoms with E-state index in [-0.39, 0.29) is 0 Å². The van der Waals surface area contributed by atoms with E-state index in [9.17, 15) is 0 Å². The van der Waals surface area contributed by atoms with Crippen LogP contribution in [0.4, 0.5) is 5.95 Å². The average Bonchev–Trinajstić information content (AvgIpc) is 2.75. The highest BCUT2D eigenvalue weighted by atomic mass is 35.5. The van der Waals surface area contributed by atoms with E-state index in [1.54, 1.807) is 0 Å². The Morgan fingerprint density at radius 1 is 1.22 bits per heavy atom. The van der Waals surface area contributed by atoms with Crippen molar-refractivity contribution < 1.29 is 0 Å². The van der Waals surface area contributed by atoms with Gasteiger partial charge in [0.15, 0.2) is 5.15 Å². The van der Waals surface area contributed by atoms with Gasteiger partial charge < -0.3 is 9.80 Å². The van der Waals surface area contributed by atoms with Crippen molar-refractivity contribution in [1.82, 2.24) is 20.1 Å². The van der Waals surface area contributed by atoms with Crippen molar-refractivity contribution in [3.05, 3.63) is 10.8 Å². The third kappa shape index (κ3) is 2.06. The lowest BCUT2D eigenvalue weighted by molar-refractivity contribution is 0.207. The molecule has 0 bridgehead atoms. The van der Waals surface area contributed by atoms with Crippen LogP contribution in [0, 0.1) is 12.8 Å². The van der Waals surface area contributed by atoms with Crippen LogP contribution in [0.2, 0.25) is 5.15 Å². The summed E-state index contributed by atoms with van der Waals surface area (Å²) in [6.07, 6.45) is 2.52. The van der Waals surface area contributed by atoms with Gasteiger partial charge >= 0.3 is 0 Å². The van der Waals surface area contributed by atoms with E-state index < -0.39 is 0 Å². The molecule has 6 heteroatoms. The number of piperidine rings is 1. The Labute approximate surface area is 112 Å². The van der Waals surface area contributed by atoms with Gasteiger partial charge in [0.2, 0.25) is 5.95 Å². The molecule has 18 heavy (non-hydrogen) atoms. The van der Waals surface area contributed by atoms with Gasteiger partial charge in [0.1, 0.15) is 0 Å². The third-order valence-electron chi connectivity index (χ3n) is 4.12. The standard InChI is InChI=1S/C12H18ClN5/c1-8-11(13)15-16-12(14-8)18-6-4-9-3-5-17(2)7-10(9)18/h9-10H,3-7H2,1-2H3/t9-,10?/m1/s1. The van der Waals surface area contributed by atoms with E-state index in [1.807, 2.05) is 6.92 Å². The van der Waals surface area contributed by atoms with E-state index in [1.165, 1.54) is 19.4 Å². The van der Waals surface area contributed by atoms with Gasteiger partial charge in [0.05, 0.1) is 5.69 Å². The van der Waals surface area contributed by atoms with Gasteiger partial charge in [-0.1, -0.05) is 11.6 Å². The van der Waals surface area contributed by atoms with Crippen molar-refractivity contribution in [1.29, 1.82) is 0 Å². The number of aryl methyl sites for hydroxylation is 1. The molecule has 0 N–H and O–H groups in total. The van der Waals surface area contributed by atoms with Crippen LogP contribution in [0.25, 0.3) is 0 Å². The number of aromatic nitrogens is 3. The minimum atomic E-state index is 0.398. The molecule has 0 aliphatic carbocycles. The summed E-state index contributed by atoms with van der Waals surface area (Å²) in [4.78, 5) is 9.16. The Kier molecular flexibility index (Phi) is 3.11.